The molecule has 0 aromatic carbocycles. The van der Waals surface area contributed by atoms with E-state index in [1.165, 1.54) is 6.92 Å². The number of carbonyl (C=O) groups is 3. The highest BCUT2D eigenvalue weighted by molar-refractivity contribution is 6.39. The first kappa shape index (κ1) is 12.9. The second-order valence-electron chi connectivity index (χ2n) is 2.81. The predicted molar refractivity (Wildman–Crippen MR) is 48.3 cm³/mol. The van der Waals surface area contributed by atoms with Crippen LogP contribution >= 0.6 is 11.6 Å². The number of aliphatic carboxylic acids is 2. The molecule has 80 valence electrons. The molecule has 0 radical (unpaired) electrons. The average molecular weight is 223 g/mol. The Bertz CT molecular complexity index is 262. The Morgan fingerprint density at radius 1 is 1.29 bits per heavy atom. The summed E-state index contributed by atoms with van der Waals surface area (Å²) in [5, 5.41) is 17.3. The summed E-state index contributed by atoms with van der Waals surface area (Å²) in [6.45, 7) is 1.45. The minimum Gasteiger partial charge on any atom is -0.480 e. The van der Waals surface area contributed by atoms with Gasteiger partial charge in [0.15, 0.2) is 0 Å². The molecule has 14 heavy (non-hydrogen) atoms. The van der Waals surface area contributed by atoms with Gasteiger partial charge in [0.1, 0.15) is 5.41 Å². The van der Waals surface area contributed by atoms with Crippen LogP contribution in [0.1, 0.15) is 19.8 Å². The lowest BCUT2D eigenvalue weighted by Gasteiger charge is -2.23. The van der Waals surface area contributed by atoms with Crippen LogP contribution in [-0.2, 0) is 14.4 Å². The van der Waals surface area contributed by atoms with Crippen molar-refractivity contribution >= 4 is 29.3 Å². The Morgan fingerprint density at radius 2 is 1.79 bits per heavy atom. The number of hydrogen-bond acceptors (Lipinski definition) is 3. The first-order valence-corrected chi connectivity index (χ1v) is 4.53. The summed E-state index contributed by atoms with van der Waals surface area (Å²) in [6.07, 6.45) is -0.258. The number of carboxylic acid groups (broad SMARTS) is 2. The molecule has 0 fully saturated rings. The Hall–Kier alpha value is -1.10. The van der Waals surface area contributed by atoms with Crippen LogP contribution in [-0.4, -0.2) is 33.8 Å². The van der Waals surface area contributed by atoms with Gasteiger partial charge in [-0.1, -0.05) is 6.92 Å². The van der Waals surface area contributed by atoms with Gasteiger partial charge >= 0.3 is 11.9 Å². The molecule has 0 aliphatic carbocycles. The minimum absolute atomic E-state index is 0.0703. The monoisotopic (exact) mass is 222 g/mol. The Labute approximate surface area is 85.7 Å². The summed E-state index contributed by atoms with van der Waals surface area (Å²) in [6, 6.07) is 0. The molecule has 1 unspecified atom stereocenters. The molecule has 0 aliphatic rings. The number of halogens is 1. The molecular weight excluding hydrogens is 212 g/mol. The van der Waals surface area contributed by atoms with Crippen molar-refractivity contribution < 1.29 is 24.6 Å². The fraction of sp³-hybridized carbons (Fsp3) is 0.625. The van der Waals surface area contributed by atoms with E-state index in [4.69, 9.17) is 21.8 Å². The third-order valence-corrected chi connectivity index (χ3v) is 2.35. The lowest BCUT2D eigenvalue weighted by atomic mass is 9.78. The Balaban J connectivity index is 5.13. The van der Waals surface area contributed by atoms with Gasteiger partial charge in [0.05, 0.1) is 0 Å². The van der Waals surface area contributed by atoms with Crippen LogP contribution in [0.4, 0.5) is 0 Å². The molecule has 0 aromatic rings. The summed E-state index contributed by atoms with van der Waals surface area (Å²) < 4.78 is 0. The quantitative estimate of drug-likeness (QED) is 0.393. The Kier molecular flexibility index (Phi) is 4.56. The largest absolute Gasteiger partial charge is 0.480 e. The molecule has 0 bridgehead atoms. The number of rotatable bonds is 6. The van der Waals surface area contributed by atoms with Crippen LogP contribution in [0.25, 0.3) is 0 Å². The molecule has 0 saturated heterocycles. The average Bonchev–Trinajstić information content (AvgIpc) is 2.12. The molecule has 0 saturated carbocycles. The van der Waals surface area contributed by atoms with E-state index in [1.807, 2.05) is 0 Å². The lowest BCUT2D eigenvalue weighted by molar-refractivity contribution is -0.164. The highest BCUT2D eigenvalue weighted by Crippen LogP contribution is 2.29. The molecule has 0 rings (SSSR count). The summed E-state index contributed by atoms with van der Waals surface area (Å²) in [5.74, 6) is -4.56. The van der Waals surface area contributed by atoms with E-state index in [-0.39, 0.29) is 18.7 Å². The summed E-state index contributed by atoms with van der Waals surface area (Å²) in [4.78, 5) is 32.5. The second kappa shape index (κ2) is 4.95. The highest BCUT2D eigenvalue weighted by atomic mass is 35.5. The van der Waals surface area contributed by atoms with Crippen LogP contribution in [0, 0.1) is 5.41 Å². The molecule has 1 atom stereocenters. The number of alkyl halides is 1. The molecule has 5 nitrogen and oxygen atoms in total. The van der Waals surface area contributed by atoms with Crippen LogP contribution in [0.5, 0.6) is 0 Å². The van der Waals surface area contributed by atoms with Crippen LogP contribution in [0.3, 0.4) is 0 Å². The van der Waals surface area contributed by atoms with Crippen molar-refractivity contribution in [2.75, 3.05) is 5.88 Å². The van der Waals surface area contributed by atoms with Crippen molar-refractivity contribution in [2.24, 2.45) is 5.41 Å². The molecule has 0 amide bonds. The molecule has 6 heteroatoms. The van der Waals surface area contributed by atoms with Gasteiger partial charge in [-0.2, -0.15) is 0 Å². The van der Waals surface area contributed by atoms with Crippen LogP contribution in [0.2, 0.25) is 0 Å². The van der Waals surface area contributed by atoms with Gasteiger partial charge in [0.25, 0.3) is 5.78 Å². The first-order chi connectivity index (χ1) is 6.42. The Morgan fingerprint density at radius 3 is 2.00 bits per heavy atom. The van der Waals surface area contributed by atoms with Crippen LogP contribution < -0.4 is 0 Å². The predicted octanol–water partition coefficient (Wildman–Crippen LogP) is 0.750. The van der Waals surface area contributed by atoms with Gasteiger partial charge in [-0.25, -0.2) is 4.79 Å². The third kappa shape index (κ3) is 2.23. The lowest BCUT2D eigenvalue weighted by Crippen LogP contribution is -2.43. The van der Waals surface area contributed by atoms with Crippen molar-refractivity contribution in [3.8, 4) is 0 Å². The zero-order chi connectivity index (χ0) is 11.4. The van der Waals surface area contributed by atoms with Gasteiger partial charge in [0, 0.05) is 5.88 Å². The third-order valence-electron chi connectivity index (χ3n) is 2.16. The van der Waals surface area contributed by atoms with Crippen molar-refractivity contribution in [2.45, 2.75) is 19.8 Å². The SMILES string of the molecule is CCC(CCCl)(C(=O)O)C(=O)C(=O)O. The number of hydrogen-bond donors (Lipinski definition) is 2. The van der Waals surface area contributed by atoms with Crippen molar-refractivity contribution in [3.63, 3.8) is 0 Å². The van der Waals surface area contributed by atoms with E-state index in [0.717, 1.165) is 0 Å². The van der Waals surface area contributed by atoms with Crippen LogP contribution in [0.15, 0.2) is 0 Å². The first-order valence-electron chi connectivity index (χ1n) is 3.99. The molecule has 0 spiro atoms. The number of carbonyl (C=O) groups excluding carboxylic acids is 1. The number of Topliss-reactive ketones (excluding diaryl/α,β-unsaturated/α-hetero) is 1. The number of carboxylic acids is 2. The zero-order valence-electron chi connectivity index (χ0n) is 7.62. The normalized spacial score (nSPS) is 14.4. The van der Waals surface area contributed by atoms with Gasteiger partial charge in [-0.15, -0.1) is 11.6 Å². The molecular formula is C8H11ClO5. The van der Waals surface area contributed by atoms with Gasteiger partial charge in [-0.3, -0.25) is 9.59 Å². The van der Waals surface area contributed by atoms with E-state index in [1.54, 1.807) is 0 Å². The smallest absolute Gasteiger partial charge is 0.373 e. The number of ketones is 1. The second-order valence-corrected chi connectivity index (χ2v) is 3.19. The van der Waals surface area contributed by atoms with E-state index in [0.29, 0.717) is 0 Å². The van der Waals surface area contributed by atoms with Crippen molar-refractivity contribution in [1.29, 1.82) is 0 Å². The van der Waals surface area contributed by atoms with E-state index in [9.17, 15) is 14.4 Å². The molecule has 0 heterocycles. The van der Waals surface area contributed by atoms with E-state index < -0.39 is 23.1 Å². The minimum atomic E-state index is -1.88. The molecule has 2 N–H and O–H groups in total. The maximum Gasteiger partial charge on any atom is 0.373 e. The van der Waals surface area contributed by atoms with Gasteiger partial charge in [-0.05, 0) is 12.8 Å². The molecule has 0 aliphatic heterocycles. The van der Waals surface area contributed by atoms with E-state index >= 15 is 0 Å². The fourth-order valence-corrected chi connectivity index (χ4v) is 1.49. The highest BCUT2D eigenvalue weighted by Gasteiger charge is 2.47. The van der Waals surface area contributed by atoms with Crippen molar-refractivity contribution in [1.82, 2.24) is 0 Å². The fourth-order valence-electron chi connectivity index (χ4n) is 1.17. The van der Waals surface area contributed by atoms with Gasteiger partial charge < -0.3 is 10.2 Å². The van der Waals surface area contributed by atoms with E-state index in [2.05, 4.69) is 0 Å². The summed E-state index contributed by atoms with van der Waals surface area (Å²) in [5.41, 5.74) is -1.88. The standard InChI is InChI=1S/C8H11ClO5/c1-2-8(3-4-9,7(13)14)5(10)6(11)12/h2-4H2,1H3,(H,11,12)(H,13,14). The maximum atomic E-state index is 11.2. The zero-order valence-corrected chi connectivity index (χ0v) is 8.37. The van der Waals surface area contributed by atoms with Gasteiger partial charge in [0.2, 0.25) is 0 Å². The molecule has 0 aromatic heterocycles. The summed E-state index contributed by atoms with van der Waals surface area (Å²) in [7, 11) is 0. The van der Waals surface area contributed by atoms with Crippen molar-refractivity contribution in [3.05, 3.63) is 0 Å². The topological polar surface area (TPSA) is 91.7 Å². The maximum absolute atomic E-state index is 11.2. The summed E-state index contributed by atoms with van der Waals surface area (Å²) >= 11 is 5.35.